The van der Waals surface area contributed by atoms with Crippen molar-refractivity contribution in [3.8, 4) is 0 Å². The van der Waals surface area contributed by atoms with Crippen LogP contribution in [0.5, 0.6) is 0 Å². The van der Waals surface area contributed by atoms with Crippen LogP contribution in [0.1, 0.15) is 26.7 Å². The van der Waals surface area contributed by atoms with Gasteiger partial charge in [-0.3, -0.25) is 0 Å². The SMILES string of the molecule is CC1(C)CCCN(S(=O)(=O)c2cccnc2N)C1. The third kappa shape index (κ3) is 2.49. The van der Waals surface area contributed by atoms with E-state index in [1.54, 1.807) is 6.07 Å². The van der Waals surface area contributed by atoms with E-state index in [1.165, 1.54) is 16.6 Å². The van der Waals surface area contributed by atoms with Crippen LogP contribution in [0.4, 0.5) is 5.82 Å². The van der Waals surface area contributed by atoms with Crippen molar-refractivity contribution in [3.63, 3.8) is 0 Å². The average Bonchev–Trinajstić information content (AvgIpc) is 2.28. The minimum absolute atomic E-state index is 0.0162. The highest BCUT2D eigenvalue weighted by molar-refractivity contribution is 7.89. The van der Waals surface area contributed by atoms with E-state index in [-0.39, 0.29) is 16.1 Å². The Kier molecular flexibility index (Phi) is 3.33. The number of anilines is 1. The maximum atomic E-state index is 12.5. The lowest BCUT2D eigenvalue weighted by Crippen LogP contribution is -2.43. The maximum absolute atomic E-state index is 12.5. The molecule has 1 saturated heterocycles. The van der Waals surface area contributed by atoms with Crippen LogP contribution in [-0.4, -0.2) is 30.8 Å². The zero-order chi connectivity index (χ0) is 13.4. The van der Waals surface area contributed by atoms with Crippen molar-refractivity contribution in [1.29, 1.82) is 0 Å². The van der Waals surface area contributed by atoms with E-state index < -0.39 is 10.0 Å². The van der Waals surface area contributed by atoms with E-state index in [4.69, 9.17) is 5.73 Å². The lowest BCUT2D eigenvalue weighted by atomic mass is 9.85. The Balaban J connectivity index is 2.35. The minimum Gasteiger partial charge on any atom is -0.383 e. The van der Waals surface area contributed by atoms with Crippen molar-refractivity contribution in [2.45, 2.75) is 31.6 Å². The molecule has 0 spiro atoms. The summed E-state index contributed by atoms with van der Waals surface area (Å²) in [6.45, 7) is 5.26. The molecule has 0 unspecified atom stereocenters. The lowest BCUT2D eigenvalue weighted by molar-refractivity contribution is 0.187. The molecule has 0 bridgehead atoms. The number of nitrogen functional groups attached to an aromatic ring is 1. The average molecular weight is 269 g/mol. The Bertz CT molecular complexity index is 540. The van der Waals surface area contributed by atoms with Crippen molar-refractivity contribution in [2.75, 3.05) is 18.8 Å². The summed E-state index contributed by atoms with van der Waals surface area (Å²) in [5, 5.41) is 0. The van der Waals surface area contributed by atoms with E-state index in [0.29, 0.717) is 13.1 Å². The molecule has 0 radical (unpaired) electrons. The molecule has 100 valence electrons. The first-order chi connectivity index (χ1) is 8.33. The van der Waals surface area contributed by atoms with Gasteiger partial charge < -0.3 is 5.73 Å². The molecule has 1 fully saturated rings. The monoisotopic (exact) mass is 269 g/mol. The zero-order valence-corrected chi connectivity index (χ0v) is 11.6. The van der Waals surface area contributed by atoms with Gasteiger partial charge in [0.1, 0.15) is 10.7 Å². The summed E-state index contributed by atoms with van der Waals surface area (Å²) >= 11 is 0. The van der Waals surface area contributed by atoms with Crippen LogP contribution < -0.4 is 5.73 Å². The number of pyridine rings is 1. The summed E-state index contributed by atoms with van der Waals surface area (Å²) in [7, 11) is -3.52. The molecule has 0 amide bonds. The predicted octanol–water partition coefficient (Wildman–Crippen LogP) is 1.47. The Morgan fingerprint density at radius 1 is 1.44 bits per heavy atom. The summed E-state index contributed by atoms with van der Waals surface area (Å²) < 4.78 is 26.5. The maximum Gasteiger partial charge on any atom is 0.246 e. The summed E-state index contributed by atoms with van der Waals surface area (Å²) in [4.78, 5) is 3.96. The molecule has 1 aromatic heterocycles. The fourth-order valence-electron chi connectivity index (χ4n) is 2.33. The summed E-state index contributed by atoms with van der Waals surface area (Å²) in [5.41, 5.74) is 5.68. The quantitative estimate of drug-likeness (QED) is 0.882. The Hall–Kier alpha value is -1.14. The van der Waals surface area contributed by atoms with E-state index in [1.807, 2.05) is 0 Å². The van der Waals surface area contributed by atoms with E-state index in [0.717, 1.165) is 12.8 Å². The molecule has 1 aliphatic rings. The van der Waals surface area contributed by atoms with Crippen molar-refractivity contribution < 1.29 is 8.42 Å². The largest absolute Gasteiger partial charge is 0.383 e. The summed E-state index contributed by atoms with van der Waals surface area (Å²) in [6, 6.07) is 3.11. The summed E-state index contributed by atoms with van der Waals surface area (Å²) in [6.07, 6.45) is 3.42. The number of sulfonamides is 1. The fraction of sp³-hybridized carbons (Fsp3) is 0.583. The molecule has 2 heterocycles. The van der Waals surface area contributed by atoms with Crippen LogP contribution in [0, 0.1) is 5.41 Å². The second-order valence-corrected chi connectivity index (χ2v) is 7.40. The van der Waals surface area contributed by atoms with Crippen molar-refractivity contribution in [1.82, 2.24) is 9.29 Å². The van der Waals surface area contributed by atoms with Gasteiger partial charge in [-0.25, -0.2) is 13.4 Å². The Labute approximate surface area is 108 Å². The molecule has 6 heteroatoms. The molecular weight excluding hydrogens is 250 g/mol. The molecule has 2 rings (SSSR count). The standard InChI is InChI=1S/C12H19N3O2S/c1-12(2)6-4-8-15(9-12)18(16,17)10-5-3-7-14-11(10)13/h3,5,7H,4,6,8-9H2,1-2H3,(H2,13,14). The number of nitrogens with two attached hydrogens (primary N) is 1. The molecule has 0 aromatic carbocycles. The highest BCUT2D eigenvalue weighted by Crippen LogP contribution is 2.32. The van der Waals surface area contributed by atoms with Gasteiger partial charge in [-0.05, 0) is 30.4 Å². The van der Waals surface area contributed by atoms with Gasteiger partial charge >= 0.3 is 0 Å². The second-order valence-electron chi connectivity index (χ2n) is 5.49. The lowest BCUT2D eigenvalue weighted by Gasteiger charge is -2.37. The molecule has 2 N–H and O–H groups in total. The van der Waals surface area contributed by atoms with Crippen molar-refractivity contribution in [2.24, 2.45) is 5.41 Å². The number of piperidine rings is 1. The van der Waals surface area contributed by atoms with Crippen molar-refractivity contribution >= 4 is 15.8 Å². The first-order valence-corrected chi connectivity index (χ1v) is 7.48. The van der Waals surface area contributed by atoms with Crippen LogP contribution in [0.25, 0.3) is 0 Å². The van der Waals surface area contributed by atoms with Gasteiger partial charge in [0.25, 0.3) is 0 Å². The van der Waals surface area contributed by atoms with E-state index >= 15 is 0 Å². The summed E-state index contributed by atoms with van der Waals surface area (Å²) in [5.74, 6) is 0.0703. The third-order valence-electron chi connectivity index (χ3n) is 3.28. The molecule has 5 nitrogen and oxygen atoms in total. The smallest absolute Gasteiger partial charge is 0.246 e. The molecule has 1 aromatic rings. The Morgan fingerprint density at radius 3 is 2.78 bits per heavy atom. The van der Waals surface area contributed by atoms with Gasteiger partial charge in [-0.15, -0.1) is 0 Å². The van der Waals surface area contributed by atoms with Gasteiger partial charge in [-0.2, -0.15) is 4.31 Å². The highest BCUT2D eigenvalue weighted by atomic mass is 32.2. The third-order valence-corrected chi connectivity index (χ3v) is 5.18. The fourth-order valence-corrected chi connectivity index (χ4v) is 4.07. The normalized spacial score (nSPS) is 20.8. The highest BCUT2D eigenvalue weighted by Gasteiger charge is 2.35. The predicted molar refractivity (Wildman–Crippen MR) is 70.4 cm³/mol. The number of nitrogens with zero attached hydrogens (tertiary/aromatic N) is 2. The number of rotatable bonds is 2. The molecule has 0 aliphatic carbocycles. The molecule has 0 saturated carbocycles. The second kappa shape index (κ2) is 4.51. The van der Waals surface area contributed by atoms with Crippen LogP contribution in [0.3, 0.4) is 0 Å². The van der Waals surface area contributed by atoms with E-state index in [2.05, 4.69) is 18.8 Å². The first kappa shape index (κ1) is 13.3. The number of aromatic nitrogens is 1. The van der Waals surface area contributed by atoms with Gasteiger partial charge in [-0.1, -0.05) is 13.8 Å². The molecular formula is C12H19N3O2S. The van der Waals surface area contributed by atoms with Gasteiger partial charge in [0.2, 0.25) is 10.0 Å². The molecule has 1 aliphatic heterocycles. The van der Waals surface area contributed by atoms with Gasteiger partial charge in [0, 0.05) is 19.3 Å². The van der Waals surface area contributed by atoms with Gasteiger partial charge in [0.05, 0.1) is 0 Å². The van der Waals surface area contributed by atoms with Crippen LogP contribution in [0.15, 0.2) is 23.2 Å². The van der Waals surface area contributed by atoms with Crippen LogP contribution in [0.2, 0.25) is 0 Å². The van der Waals surface area contributed by atoms with Gasteiger partial charge in [0.15, 0.2) is 0 Å². The zero-order valence-electron chi connectivity index (χ0n) is 10.8. The minimum atomic E-state index is -3.52. The number of hydrogen-bond donors (Lipinski definition) is 1. The van der Waals surface area contributed by atoms with Crippen LogP contribution in [-0.2, 0) is 10.0 Å². The molecule has 0 atom stereocenters. The topological polar surface area (TPSA) is 76.3 Å². The molecule has 18 heavy (non-hydrogen) atoms. The number of hydrogen-bond acceptors (Lipinski definition) is 4. The van der Waals surface area contributed by atoms with Crippen LogP contribution >= 0.6 is 0 Å². The first-order valence-electron chi connectivity index (χ1n) is 6.04. The van der Waals surface area contributed by atoms with E-state index in [9.17, 15) is 8.42 Å². The Morgan fingerprint density at radius 2 is 2.17 bits per heavy atom. The van der Waals surface area contributed by atoms with Crippen molar-refractivity contribution in [3.05, 3.63) is 18.3 Å².